The van der Waals surface area contributed by atoms with Gasteiger partial charge in [-0.05, 0) is 6.92 Å². The van der Waals surface area contributed by atoms with Gasteiger partial charge in [0, 0.05) is 18.1 Å². The van der Waals surface area contributed by atoms with E-state index in [1.165, 1.54) is 4.57 Å². The van der Waals surface area contributed by atoms with Crippen LogP contribution in [0.2, 0.25) is 0 Å². The predicted octanol–water partition coefficient (Wildman–Crippen LogP) is -3.69. The Morgan fingerprint density at radius 3 is 2.22 bits per heavy atom. The van der Waals surface area contributed by atoms with Gasteiger partial charge in [-0.1, -0.05) is 0 Å². The van der Waals surface area contributed by atoms with Crippen molar-refractivity contribution in [2.45, 2.75) is 12.4 Å². The third kappa shape index (κ3) is 4.68. The van der Waals surface area contributed by atoms with Crippen LogP contribution in [-0.4, -0.2) is 24.8 Å². The van der Waals surface area contributed by atoms with Gasteiger partial charge in [-0.2, -0.15) is 0 Å². The third-order valence-corrected chi connectivity index (χ3v) is 6.21. The number of hydrogen-bond acceptors (Lipinski definition) is 5. The monoisotopic (exact) mass is 324 g/mol. The first-order chi connectivity index (χ1) is 7.53. The minimum Gasteiger partial charge on any atom is -0.777 e. The van der Waals surface area contributed by atoms with Crippen LogP contribution in [-0.2, 0) is 16.2 Å². The van der Waals surface area contributed by atoms with Crippen molar-refractivity contribution in [1.82, 2.24) is 4.57 Å². The fourth-order valence-corrected chi connectivity index (χ4v) is 4.10. The molecule has 1 rings (SSSR count). The fourth-order valence-electron chi connectivity index (χ4n) is 1.00. The van der Waals surface area contributed by atoms with Gasteiger partial charge in [0.25, 0.3) is 0 Å². The first kappa shape index (κ1) is 18.7. The Hall–Kier alpha value is 0.730. The quantitative estimate of drug-likeness (QED) is 0.387. The molecule has 2 atom stereocenters. The predicted molar refractivity (Wildman–Crippen MR) is 59.2 cm³/mol. The minimum absolute atomic E-state index is 0. The molecule has 0 aliphatic carbocycles. The van der Waals surface area contributed by atoms with Gasteiger partial charge in [0.15, 0.2) is 12.4 Å². The fraction of sp³-hybridized carbons (Fsp3) is 0.500. The van der Waals surface area contributed by atoms with E-state index in [1.807, 2.05) is 0 Å². The second kappa shape index (κ2) is 6.45. The zero-order chi connectivity index (χ0) is 13.4. The topological polar surface area (TPSA) is 135 Å². The van der Waals surface area contributed by atoms with Gasteiger partial charge in [0.2, 0.25) is 5.52 Å². The summed E-state index contributed by atoms with van der Waals surface area (Å²) in [5.41, 5.74) is -1.71. The van der Waals surface area contributed by atoms with Crippen LogP contribution < -0.4 is 39.3 Å². The van der Waals surface area contributed by atoms with Crippen molar-refractivity contribution in [2.75, 3.05) is 0 Å². The SMILES string of the molecule is Cc1csc(=NC(P(=O)([O-])O)P(=O)(O)O)n1C.[Na+]. The number of rotatable bonds is 3. The number of aryl methyl sites for hydroxylation is 1. The molecule has 0 radical (unpaired) electrons. The smallest absolute Gasteiger partial charge is 0.777 e. The molecule has 0 saturated carbocycles. The average molecular weight is 324 g/mol. The third-order valence-electron chi connectivity index (χ3n) is 1.97. The number of thiazole rings is 1. The Morgan fingerprint density at radius 1 is 1.44 bits per heavy atom. The van der Waals surface area contributed by atoms with Crippen LogP contribution in [0.15, 0.2) is 10.4 Å². The normalized spacial score (nSPS) is 18.0. The summed E-state index contributed by atoms with van der Waals surface area (Å²) in [4.78, 5) is 40.9. The summed E-state index contributed by atoms with van der Waals surface area (Å²) in [6, 6.07) is 0. The Morgan fingerprint density at radius 2 is 1.94 bits per heavy atom. The molecule has 0 aliphatic heterocycles. The molecular formula is C6H11N2NaO6P2S. The number of hydrogen-bond donors (Lipinski definition) is 3. The maximum atomic E-state index is 11.0. The Labute approximate surface area is 129 Å². The summed E-state index contributed by atoms with van der Waals surface area (Å²) in [6.07, 6.45) is 0. The molecule has 12 heteroatoms. The number of aromatic nitrogens is 1. The molecule has 98 valence electrons. The summed E-state index contributed by atoms with van der Waals surface area (Å²) in [7, 11) is -8.77. The maximum Gasteiger partial charge on any atom is 1.00 e. The average Bonchev–Trinajstić information content (AvgIpc) is 2.40. The molecule has 0 fully saturated rings. The van der Waals surface area contributed by atoms with Crippen molar-refractivity contribution >= 4 is 26.5 Å². The summed E-state index contributed by atoms with van der Waals surface area (Å²) in [5.74, 6) is 0. The van der Waals surface area contributed by atoms with E-state index < -0.39 is 20.7 Å². The molecule has 0 bridgehead atoms. The van der Waals surface area contributed by atoms with Crippen molar-refractivity contribution < 1.29 is 58.3 Å². The van der Waals surface area contributed by atoms with Gasteiger partial charge in [0.05, 0.1) is 0 Å². The second-order valence-corrected chi connectivity index (χ2v) is 7.88. The van der Waals surface area contributed by atoms with Crippen LogP contribution in [0, 0.1) is 6.92 Å². The summed E-state index contributed by atoms with van der Waals surface area (Å²) >= 11 is 1.02. The molecule has 3 N–H and O–H groups in total. The zero-order valence-electron chi connectivity index (χ0n) is 9.92. The molecule has 2 unspecified atom stereocenters. The molecule has 1 heterocycles. The summed E-state index contributed by atoms with van der Waals surface area (Å²) < 4.78 is 23.3. The second-order valence-electron chi connectivity index (χ2n) is 3.35. The van der Waals surface area contributed by atoms with Crippen LogP contribution in [0.5, 0.6) is 0 Å². The Kier molecular flexibility index (Phi) is 6.72. The van der Waals surface area contributed by atoms with Crippen LogP contribution in [0.25, 0.3) is 0 Å². The first-order valence-electron chi connectivity index (χ1n) is 4.27. The van der Waals surface area contributed by atoms with E-state index in [1.54, 1.807) is 19.4 Å². The van der Waals surface area contributed by atoms with Gasteiger partial charge in [-0.3, -0.25) is 4.57 Å². The van der Waals surface area contributed by atoms with Crippen molar-refractivity contribution in [3.05, 3.63) is 15.9 Å². The summed E-state index contributed by atoms with van der Waals surface area (Å²) in [6.45, 7) is 1.72. The van der Waals surface area contributed by atoms with E-state index in [0.717, 1.165) is 17.0 Å². The largest absolute Gasteiger partial charge is 1.00 e. The van der Waals surface area contributed by atoms with Crippen LogP contribution >= 0.6 is 26.5 Å². The number of nitrogens with zero attached hydrogens (tertiary/aromatic N) is 2. The first-order valence-corrected chi connectivity index (χ1v) is 8.48. The molecule has 0 aromatic carbocycles. The van der Waals surface area contributed by atoms with Crippen LogP contribution in [0.3, 0.4) is 0 Å². The molecule has 0 saturated heterocycles. The van der Waals surface area contributed by atoms with Gasteiger partial charge in [-0.15, -0.1) is 11.3 Å². The minimum atomic E-state index is -5.26. The standard InChI is InChI=1S/C6H12N2O6P2S.Na/c1-4-3-17-5(8(4)2)7-6(15(9,10)11)16(12,13)14;/h3,6H,1-2H3,(H2,9,10,11)(H2,12,13,14);/q;+1/p-1. The molecule has 1 aromatic rings. The van der Waals surface area contributed by atoms with Gasteiger partial charge in [0.1, 0.15) is 0 Å². The van der Waals surface area contributed by atoms with E-state index in [-0.39, 0.29) is 34.4 Å². The van der Waals surface area contributed by atoms with E-state index in [4.69, 9.17) is 14.7 Å². The molecule has 0 amide bonds. The van der Waals surface area contributed by atoms with Gasteiger partial charge < -0.3 is 28.7 Å². The van der Waals surface area contributed by atoms with E-state index in [2.05, 4.69) is 4.99 Å². The van der Waals surface area contributed by atoms with Crippen molar-refractivity contribution in [3.63, 3.8) is 0 Å². The van der Waals surface area contributed by atoms with Gasteiger partial charge >= 0.3 is 37.2 Å². The summed E-state index contributed by atoms with van der Waals surface area (Å²) in [5, 5.41) is 1.64. The zero-order valence-corrected chi connectivity index (χ0v) is 14.5. The molecule has 8 nitrogen and oxygen atoms in total. The molecule has 0 spiro atoms. The van der Waals surface area contributed by atoms with E-state index in [9.17, 15) is 14.0 Å². The molecule has 0 aliphatic rings. The Balaban J connectivity index is 0.00000289. The van der Waals surface area contributed by atoms with E-state index >= 15 is 0 Å². The molecule has 1 aromatic heterocycles. The van der Waals surface area contributed by atoms with Crippen LogP contribution in [0.1, 0.15) is 5.69 Å². The Bertz CT molecular complexity index is 549. The van der Waals surface area contributed by atoms with Gasteiger partial charge in [-0.25, -0.2) is 4.99 Å². The molecular weight excluding hydrogens is 313 g/mol. The maximum absolute atomic E-state index is 11.0. The van der Waals surface area contributed by atoms with Crippen molar-refractivity contribution in [2.24, 2.45) is 12.0 Å². The molecule has 18 heavy (non-hydrogen) atoms. The van der Waals surface area contributed by atoms with Crippen LogP contribution in [0.4, 0.5) is 0 Å². The van der Waals surface area contributed by atoms with Crippen molar-refractivity contribution in [1.29, 1.82) is 0 Å². The van der Waals surface area contributed by atoms with E-state index in [0.29, 0.717) is 0 Å². The van der Waals surface area contributed by atoms with Crippen molar-refractivity contribution in [3.8, 4) is 0 Å².